The second-order valence-electron chi connectivity index (χ2n) is 3.23. The van der Waals surface area contributed by atoms with E-state index in [0.29, 0.717) is 6.61 Å². The normalized spacial score (nSPS) is 12.7. The molecule has 0 aliphatic heterocycles. The van der Waals surface area contributed by atoms with Crippen molar-refractivity contribution in [3.05, 3.63) is 35.9 Å². The molecule has 1 atom stereocenters. The summed E-state index contributed by atoms with van der Waals surface area (Å²) in [4.78, 5) is 0. The van der Waals surface area contributed by atoms with E-state index in [9.17, 15) is 0 Å². The van der Waals surface area contributed by atoms with E-state index in [1.54, 1.807) is 7.11 Å². The van der Waals surface area contributed by atoms with Crippen LogP contribution in [0.5, 0.6) is 0 Å². The Hall–Kier alpha value is -0.510. The molecule has 0 saturated carbocycles. The molecule has 1 aromatic carbocycles. The fourth-order valence-corrected chi connectivity index (χ4v) is 1.51. The summed E-state index contributed by atoms with van der Waals surface area (Å²) >= 11 is 4.37. The molecule has 0 spiro atoms. The molecule has 0 fully saturated rings. The van der Waals surface area contributed by atoms with Gasteiger partial charge in [0.2, 0.25) is 0 Å². The summed E-state index contributed by atoms with van der Waals surface area (Å²) in [6, 6.07) is 10.3. The van der Waals surface area contributed by atoms with Crippen molar-refractivity contribution in [3.8, 4) is 0 Å². The molecule has 1 aromatic rings. The van der Waals surface area contributed by atoms with Crippen LogP contribution in [0.15, 0.2) is 30.3 Å². The molecule has 0 aliphatic rings. The topological polar surface area (TPSA) is 21.3 Å². The van der Waals surface area contributed by atoms with E-state index in [2.05, 4.69) is 30.1 Å². The van der Waals surface area contributed by atoms with Gasteiger partial charge >= 0.3 is 0 Å². The van der Waals surface area contributed by atoms with Crippen LogP contribution in [-0.4, -0.2) is 25.5 Å². The quantitative estimate of drug-likeness (QED) is 0.699. The van der Waals surface area contributed by atoms with Crippen LogP contribution in [0.25, 0.3) is 0 Å². The highest BCUT2D eigenvalue weighted by Crippen LogP contribution is 1.98. The van der Waals surface area contributed by atoms with Crippen molar-refractivity contribution in [2.75, 3.05) is 20.3 Å². The van der Waals surface area contributed by atoms with Gasteiger partial charge in [-0.2, -0.15) is 12.6 Å². The zero-order valence-corrected chi connectivity index (χ0v) is 9.34. The van der Waals surface area contributed by atoms with E-state index >= 15 is 0 Å². The van der Waals surface area contributed by atoms with Crippen LogP contribution < -0.4 is 5.32 Å². The Morgan fingerprint density at radius 1 is 1.36 bits per heavy atom. The second kappa shape index (κ2) is 6.87. The van der Waals surface area contributed by atoms with Crippen molar-refractivity contribution < 1.29 is 4.74 Å². The van der Waals surface area contributed by atoms with Crippen molar-refractivity contribution in [3.63, 3.8) is 0 Å². The van der Waals surface area contributed by atoms with Crippen LogP contribution in [0.2, 0.25) is 0 Å². The Balaban J connectivity index is 2.16. The molecule has 78 valence electrons. The van der Waals surface area contributed by atoms with E-state index in [1.165, 1.54) is 5.56 Å². The Bertz CT molecular complexity index is 240. The van der Waals surface area contributed by atoms with Gasteiger partial charge in [-0.1, -0.05) is 30.3 Å². The molecule has 3 heteroatoms. The van der Waals surface area contributed by atoms with Crippen molar-refractivity contribution in [1.29, 1.82) is 0 Å². The highest BCUT2D eigenvalue weighted by atomic mass is 32.1. The van der Waals surface area contributed by atoms with Gasteiger partial charge in [-0.25, -0.2) is 0 Å². The maximum atomic E-state index is 4.99. The van der Waals surface area contributed by atoms with Crippen molar-refractivity contribution in [2.45, 2.75) is 11.8 Å². The third-order valence-corrected chi connectivity index (χ3v) is 2.24. The summed E-state index contributed by atoms with van der Waals surface area (Å²) in [5.41, 5.74) is 1.30. The maximum Gasteiger partial charge on any atom is 0.0591 e. The fourth-order valence-electron chi connectivity index (χ4n) is 1.23. The third-order valence-electron chi connectivity index (χ3n) is 1.91. The summed E-state index contributed by atoms with van der Waals surface area (Å²) < 4.78 is 4.99. The average molecular weight is 211 g/mol. The van der Waals surface area contributed by atoms with E-state index < -0.39 is 0 Å². The van der Waals surface area contributed by atoms with Crippen molar-refractivity contribution in [1.82, 2.24) is 5.32 Å². The molecule has 0 aromatic heterocycles. The summed E-state index contributed by atoms with van der Waals surface area (Å²) in [5.74, 6) is 0. The second-order valence-corrected chi connectivity index (χ2v) is 3.96. The first-order valence-electron chi connectivity index (χ1n) is 4.74. The first-order valence-corrected chi connectivity index (χ1v) is 5.26. The van der Waals surface area contributed by atoms with Crippen LogP contribution in [0.3, 0.4) is 0 Å². The predicted octanol–water partition coefficient (Wildman–Crippen LogP) is 1.72. The molecule has 0 bridgehead atoms. The van der Waals surface area contributed by atoms with Crippen LogP contribution in [-0.2, 0) is 11.3 Å². The Labute approximate surface area is 91.1 Å². The zero-order valence-electron chi connectivity index (χ0n) is 8.44. The number of methoxy groups -OCH3 is 1. The Morgan fingerprint density at radius 2 is 2.07 bits per heavy atom. The molecule has 0 radical (unpaired) electrons. The third kappa shape index (κ3) is 4.65. The lowest BCUT2D eigenvalue weighted by Crippen LogP contribution is -2.25. The van der Waals surface area contributed by atoms with Gasteiger partial charge in [0.15, 0.2) is 0 Å². The fraction of sp³-hybridized carbons (Fsp3) is 0.455. The van der Waals surface area contributed by atoms with Crippen LogP contribution in [0.1, 0.15) is 5.56 Å². The van der Waals surface area contributed by atoms with E-state index in [1.807, 2.05) is 18.2 Å². The molecule has 1 unspecified atom stereocenters. The highest BCUT2D eigenvalue weighted by Gasteiger charge is 2.00. The summed E-state index contributed by atoms with van der Waals surface area (Å²) in [5, 5.41) is 3.60. The number of hydrogen-bond acceptors (Lipinski definition) is 3. The molecule has 1 N–H and O–H groups in total. The Kier molecular flexibility index (Phi) is 5.68. The van der Waals surface area contributed by atoms with E-state index in [-0.39, 0.29) is 5.25 Å². The lowest BCUT2D eigenvalue weighted by Gasteiger charge is -2.10. The molecule has 0 saturated heterocycles. The molecule has 14 heavy (non-hydrogen) atoms. The van der Waals surface area contributed by atoms with Crippen LogP contribution in [0, 0.1) is 0 Å². The van der Waals surface area contributed by atoms with Crippen LogP contribution in [0.4, 0.5) is 0 Å². The molecule has 0 heterocycles. The first kappa shape index (κ1) is 11.6. The molecular weight excluding hydrogens is 194 g/mol. The number of nitrogens with one attached hydrogen (secondary N) is 1. The first-order chi connectivity index (χ1) is 6.83. The van der Waals surface area contributed by atoms with E-state index in [0.717, 1.165) is 13.1 Å². The number of hydrogen-bond donors (Lipinski definition) is 2. The smallest absolute Gasteiger partial charge is 0.0591 e. The predicted molar refractivity (Wildman–Crippen MR) is 62.8 cm³/mol. The number of thiol groups is 1. The summed E-state index contributed by atoms with van der Waals surface area (Å²) in [6.45, 7) is 2.44. The highest BCUT2D eigenvalue weighted by molar-refractivity contribution is 7.81. The van der Waals surface area contributed by atoms with Gasteiger partial charge in [0, 0.05) is 25.4 Å². The Morgan fingerprint density at radius 3 is 2.71 bits per heavy atom. The van der Waals surface area contributed by atoms with Gasteiger partial charge in [0.05, 0.1) is 6.61 Å². The minimum Gasteiger partial charge on any atom is -0.383 e. The monoisotopic (exact) mass is 211 g/mol. The van der Waals surface area contributed by atoms with Gasteiger partial charge in [-0.3, -0.25) is 0 Å². The minimum atomic E-state index is 0.267. The van der Waals surface area contributed by atoms with Crippen molar-refractivity contribution in [2.24, 2.45) is 0 Å². The molecule has 0 amide bonds. The standard InChI is InChI=1S/C11H17NOS/c1-13-9-11(14)8-12-7-10-5-3-2-4-6-10/h2-6,11-12,14H,7-9H2,1H3. The van der Waals surface area contributed by atoms with Crippen molar-refractivity contribution >= 4 is 12.6 Å². The maximum absolute atomic E-state index is 4.99. The minimum absolute atomic E-state index is 0.267. The molecular formula is C11H17NOS. The summed E-state index contributed by atoms with van der Waals surface area (Å²) in [6.07, 6.45) is 0. The lowest BCUT2D eigenvalue weighted by molar-refractivity contribution is 0.199. The van der Waals surface area contributed by atoms with Crippen LogP contribution >= 0.6 is 12.6 Å². The number of rotatable bonds is 6. The SMILES string of the molecule is COCC(S)CNCc1ccccc1. The number of ether oxygens (including phenoxy) is 1. The lowest BCUT2D eigenvalue weighted by atomic mass is 10.2. The van der Waals surface area contributed by atoms with Gasteiger partial charge in [-0.05, 0) is 5.56 Å². The molecule has 0 aliphatic carbocycles. The molecule has 1 rings (SSSR count). The number of benzene rings is 1. The van der Waals surface area contributed by atoms with Gasteiger partial charge in [0.1, 0.15) is 0 Å². The zero-order chi connectivity index (χ0) is 10.2. The van der Waals surface area contributed by atoms with Gasteiger partial charge in [-0.15, -0.1) is 0 Å². The summed E-state index contributed by atoms with van der Waals surface area (Å²) in [7, 11) is 1.69. The largest absolute Gasteiger partial charge is 0.383 e. The molecule has 2 nitrogen and oxygen atoms in total. The average Bonchev–Trinajstić information content (AvgIpc) is 2.20. The van der Waals surface area contributed by atoms with Gasteiger partial charge in [0.25, 0.3) is 0 Å². The van der Waals surface area contributed by atoms with Gasteiger partial charge < -0.3 is 10.1 Å². The van der Waals surface area contributed by atoms with E-state index in [4.69, 9.17) is 4.74 Å².